The zero-order valence-corrected chi connectivity index (χ0v) is 28.1. The first kappa shape index (κ1) is 35.7. The lowest BCUT2D eigenvalue weighted by Crippen LogP contribution is -2.38. The van der Waals surface area contributed by atoms with Crippen LogP contribution in [0.15, 0.2) is 94.2 Å². The Hall–Kier alpha value is -2.81. The van der Waals surface area contributed by atoms with E-state index in [0.717, 1.165) is 32.7 Å². The molecular formula is C33H40ClFNO6PS. The molecule has 1 amide bonds. The Morgan fingerprint density at radius 1 is 1.00 bits per heavy atom. The smallest absolute Gasteiger partial charge is 0.408 e. The van der Waals surface area contributed by atoms with Crippen LogP contribution < -0.4 is 10.1 Å². The minimum absolute atomic E-state index is 0.00628. The molecule has 0 bridgehead atoms. The number of rotatable bonds is 15. The van der Waals surface area contributed by atoms with Crippen LogP contribution in [0.4, 0.5) is 9.18 Å². The zero-order chi connectivity index (χ0) is 32.2. The van der Waals surface area contributed by atoms with Gasteiger partial charge in [-0.25, -0.2) is 4.79 Å². The predicted octanol–water partition coefficient (Wildman–Crippen LogP) is 9.97. The summed E-state index contributed by atoms with van der Waals surface area (Å²) in [6, 6.07) is 22.7. The number of carbonyl (C=O) groups excluding carboxylic acids is 1. The van der Waals surface area contributed by atoms with Crippen molar-refractivity contribution in [3.05, 3.63) is 101 Å². The Labute approximate surface area is 269 Å². The quantitative estimate of drug-likeness (QED) is 0.162. The van der Waals surface area contributed by atoms with Gasteiger partial charge in [0.2, 0.25) is 5.57 Å². The fourth-order valence-corrected chi connectivity index (χ4v) is 6.63. The molecule has 3 aromatic carbocycles. The van der Waals surface area contributed by atoms with Crippen LogP contribution in [-0.4, -0.2) is 30.9 Å². The lowest BCUT2D eigenvalue weighted by atomic mass is 10.1. The molecule has 0 fully saturated rings. The lowest BCUT2D eigenvalue weighted by Gasteiger charge is -2.23. The molecule has 0 radical (unpaired) electrons. The largest absolute Gasteiger partial charge is 0.489 e. The zero-order valence-electron chi connectivity index (χ0n) is 25.7. The van der Waals surface area contributed by atoms with Crippen LogP contribution in [-0.2, 0) is 31.4 Å². The molecule has 7 nitrogen and oxygen atoms in total. The highest BCUT2D eigenvalue weighted by Crippen LogP contribution is 2.56. The standard InChI is InChI=1S/C33H40ClFNO6PS/c1-6-40-43(38,41-7-2)31(35)20-26(36-32(37)42-33(3,4)5)18-16-25-17-19-29(22-30(25)34)44-28-15-11-14-27(21-28)39-23-24-12-9-8-10-13-24/h8-15,17,19-22,26H,6-7,16,18,23H2,1-5H3,(H,36,37). The molecule has 3 rings (SSSR count). The van der Waals surface area contributed by atoms with Gasteiger partial charge in [0.05, 0.1) is 19.3 Å². The highest BCUT2D eigenvalue weighted by atomic mass is 35.5. The van der Waals surface area contributed by atoms with E-state index in [1.165, 1.54) is 0 Å². The van der Waals surface area contributed by atoms with Crippen LogP contribution in [0.5, 0.6) is 5.75 Å². The fourth-order valence-electron chi connectivity index (χ4n) is 4.02. The van der Waals surface area contributed by atoms with Crippen LogP contribution in [0.25, 0.3) is 0 Å². The number of benzene rings is 3. The molecular weight excluding hydrogens is 624 g/mol. The molecule has 0 heterocycles. The normalized spacial score (nSPS) is 12.9. The number of halogens is 2. The second kappa shape index (κ2) is 17.0. The SMILES string of the molecule is CCOP(=O)(OCC)C(F)=CC(CCc1ccc(Sc2cccc(OCc3ccccc3)c2)cc1Cl)NC(=O)OC(C)(C)C. The van der Waals surface area contributed by atoms with Gasteiger partial charge in [0.25, 0.3) is 0 Å². The van der Waals surface area contributed by atoms with Crippen LogP contribution in [0.1, 0.15) is 52.2 Å². The average Bonchev–Trinajstić information content (AvgIpc) is 2.95. The van der Waals surface area contributed by atoms with E-state index in [1.54, 1.807) is 46.4 Å². The van der Waals surface area contributed by atoms with Gasteiger partial charge in [0.15, 0.2) is 0 Å². The molecule has 0 aliphatic rings. The van der Waals surface area contributed by atoms with Gasteiger partial charge in [-0.3, -0.25) is 4.57 Å². The number of hydrogen-bond acceptors (Lipinski definition) is 7. The van der Waals surface area contributed by atoms with E-state index < -0.39 is 30.9 Å². The molecule has 1 atom stereocenters. The molecule has 0 aliphatic heterocycles. The van der Waals surface area contributed by atoms with Crippen molar-refractivity contribution < 1.29 is 32.3 Å². The van der Waals surface area contributed by atoms with E-state index in [2.05, 4.69) is 5.32 Å². The number of aryl methyl sites for hydroxylation is 1. The highest BCUT2D eigenvalue weighted by Gasteiger charge is 2.32. The summed E-state index contributed by atoms with van der Waals surface area (Å²) in [5, 5.41) is 3.18. The summed E-state index contributed by atoms with van der Waals surface area (Å²) in [5.74, 6) is 0.767. The summed E-state index contributed by atoms with van der Waals surface area (Å²) in [6.45, 7) is 8.83. The van der Waals surface area contributed by atoms with Crippen molar-refractivity contribution in [3.63, 3.8) is 0 Å². The summed E-state index contributed by atoms with van der Waals surface area (Å²) in [6.07, 6.45) is 0.964. The third kappa shape index (κ3) is 11.9. The average molecular weight is 664 g/mol. The van der Waals surface area contributed by atoms with Crippen molar-refractivity contribution >= 4 is 37.1 Å². The van der Waals surface area contributed by atoms with E-state index in [-0.39, 0.29) is 19.6 Å². The Morgan fingerprint density at radius 3 is 2.32 bits per heavy atom. The monoisotopic (exact) mass is 663 g/mol. The molecule has 1 unspecified atom stereocenters. The third-order valence-electron chi connectivity index (χ3n) is 5.94. The number of hydrogen-bond donors (Lipinski definition) is 1. The lowest BCUT2D eigenvalue weighted by molar-refractivity contribution is 0.0512. The van der Waals surface area contributed by atoms with Crippen LogP contribution >= 0.6 is 31.0 Å². The van der Waals surface area contributed by atoms with Gasteiger partial charge in [0.1, 0.15) is 18.0 Å². The second-order valence-corrected chi connectivity index (χ2v) is 14.2. The Morgan fingerprint density at radius 2 is 1.68 bits per heavy atom. The van der Waals surface area contributed by atoms with Gasteiger partial charge in [-0.15, -0.1) is 0 Å². The van der Waals surface area contributed by atoms with Gasteiger partial charge in [-0.05, 0) is 95.0 Å². The van der Waals surface area contributed by atoms with Crippen molar-refractivity contribution in [2.24, 2.45) is 0 Å². The van der Waals surface area contributed by atoms with E-state index in [0.29, 0.717) is 18.1 Å². The number of carbonyl (C=O) groups is 1. The maximum atomic E-state index is 15.2. The van der Waals surface area contributed by atoms with E-state index in [9.17, 15) is 9.36 Å². The molecule has 238 valence electrons. The Bertz CT molecular complexity index is 1440. The van der Waals surface area contributed by atoms with Crippen LogP contribution in [0, 0.1) is 0 Å². The van der Waals surface area contributed by atoms with Gasteiger partial charge in [-0.1, -0.05) is 65.8 Å². The first-order valence-electron chi connectivity index (χ1n) is 14.4. The molecule has 0 aromatic heterocycles. The molecule has 0 saturated heterocycles. The van der Waals surface area contributed by atoms with Crippen molar-refractivity contribution in [1.29, 1.82) is 0 Å². The minimum atomic E-state index is -4.15. The third-order valence-corrected chi connectivity index (χ3v) is 9.14. The summed E-state index contributed by atoms with van der Waals surface area (Å²) >= 11 is 8.21. The minimum Gasteiger partial charge on any atom is -0.489 e. The Kier molecular flexibility index (Phi) is 13.8. The first-order chi connectivity index (χ1) is 20.9. The molecule has 0 aliphatic carbocycles. The van der Waals surface area contributed by atoms with Gasteiger partial charge in [-0.2, -0.15) is 4.39 Å². The predicted molar refractivity (Wildman–Crippen MR) is 174 cm³/mol. The summed E-state index contributed by atoms with van der Waals surface area (Å²) < 4.78 is 49.7. The van der Waals surface area contributed by atoms with Crippen LogP contribution in [0.3, 0.4) is 0 Å². The number of amides is 1. The second-order valence-electron chi connectivity index (χ2n) is 10.7. The van der Waals surface area contributed by atoms with Gasteiger partial charge in [0, 0.05) is 14.8 Å². The number of ether oxygens (including phenoxy) is 2. The van der Waals surface area contributed by atoms with Crippen molar-refractivity contribution in [3.8, 4) is 5.75 Å². The van der Waals surface area contributed by atoms with Crippen molar-refractivity contribution in [2.45, 2.75) is 75.5 Å². The number of alkyl carbamates (subject to hydrolysis) is 1. The van der Waals surface area contributed by atoms with E-state index >= 15 is 4.39 Å². The molecule has 1 N–H and O–H groups in total. The van der Waals surface area contributed by atoms with Gasteiger partial charge < -0.3 is 23.8 Å². The maximum absolute atomic E-state index is 15.2. The van der Waals surface area contributed by atoms with Gasteiger partial charge >= 0.3 is 13.7 Å². The maximum Gasteiger partial charge on any atom is 0.408 e. The van der Waals surface area contributed by atoms with E-state index in [1.807, 2.05) is 72.8 Å². The fraction of sp³-hybridized carbons (Fsp3) is 0.364. The molecule has 44 heavy (non-hydrogen) atoms. The molecule has 3 aromatic rings. The summed E-state index contributed by atoms with van der Waals surface area (Å²) in [5.41, 5.74) is 0.0635. The van der Waals surface area contributed by atoms with Crippen molar-refractivity contribution in [2.75, 3.05) is 13.2 Å². The molecule has 0 spiro atoms. The molecule has 11 heteroatoms. The first-order valence-corrected chi connectivity index (χ1v) is 17.1. The number of nitrogens with one attached hydrogen (secondary N) is 1. The molecule has 0 saturated carbocycles. The van der Waals surface area contributed by atoms with Crippen LogP contribution in [0.2, 0.25) is 5.02 Å². The van der Waals surface area contributed by atoms with Crippen molar-refractivity contribution in [1.82, 2.24) is 5.32 Å². The highest BCUT2D eigenvalue weighted by molar-refractivity contribution is 7.99. The summed E-state index contributed by atoms with van der Waals surface area (Å²) in [7, 11) is -4.15. The van der Waals surface area contributed by atoms with E-state index in [4.69, 9.17) is 30.1 Å². The topological polar surface area (TPSA) is 83.1 Å². The Balaban J connectivity index is 1.70. The summed E-state index contributed by atoms with van der Waals surface area (Å²) in [4.78, 5) is 14.5.